The van der Waals surface area contributed by atoms with Crippen LogP contribution in [-0.2, 0) is 0 Å². The monoisotopic (exact) mass is 321 g/mol. The van der Waals surface area contributed by atoms with Gasteiger partial charge < -0.3 is 0 Å². The van der Waals surface area contributed by atoms with Gasteiger partial charge in [0, 0.05) is 0 Å². The molecule has 0 saturated heterocycles. The second kappa shape index (κ2) is 4.59. The molecule has 0 aliphatic rings. The molecule has 8 heteroatoms. The van der Waals surface area contributed by atoms with Gasteiger partial charge in [-0.25, -0.2) is 0 Å². The second-order valence-electron chi connectivity index (χ2n) is 3.81. The summed E-state index contributed by atoms with van der Waals surface area (Å²) in [7, 11) is 0. The van der Waals surface area contributed by atoms with Crippen LogP contribution in [0.2, 0.25) is 0 Å². The van der Waals surface area contributed by atoms with Gasteiger partial charge in [0.05, 0.1) is 0 Å². The molecule has 0 aromatic rings. The van der Waals surface area contributed by atoms with Crippen molar-refractivity contribution < 1.29 is 8.39 Å². The van der Waals surface area contributed by atoms with Crippen LogP contribution in [0.3, 0.4) is 0 Å². The molecule has 0 spiro atoms. The van der Waals surface area contributed by atoms with Gasteiger partial charge in [0.2, 0.25) is 0 Å². The van der Waals surface area contributed by atoms with Crippen molar-refractivity contribution in [3.8, 4) is 0 Å². The SMILES string of the molecule is CC(C)N(C(C)C)P(F)(F)(Cl)C(Cl)(Cl)Cl. The molecule has 15 heavy (non-hydrogen) atoms. The summed E-state index contributed by atoms with van der Waals surface area (Å²) in [5.41, 5.74) is 0. The predicted octanol–water partition coefficient (Wildman–Crippen LogP) is 5.82. The van der Waals surface area contributed by atoms with Gasteiger partial charge in [-0.15, -0.1) is 0 Å². The Labute approximate surface area is 109 Å². The van der Waals surface area contributed by atoms with Crippen LogP contribution in [0.1, 0.15) is 27.7 Å². The first-order valence-corrected chi connectivity index (χ1v) is 8.33. The first-order valence-electron chi connectivity index (χ1n) is 4.32. The standard InChI is InChI=1S/C7H14Cl4F2NP/c1-5(2)14(6(3)4)15(11,12,13)7(8,9)10/h5-6H,1-4H3. The van der Waals surface area contributed by atoms with Crippen LogP contribution >= 0.6 is 52.8 Å². The van der Waals surface area contributed by atoms with Crippen LogP contribution in [-0.4, -0.2) is 20.3 Å². The molecule has 0 bridgehead atoms. The zero-order valence-corrected chi connectivity index (χ0v) is 12.7. The summed E-state index contributed by atoms with van der Waals surface area (Å²) in [6.07, 6.45) is 0. The van der Waals surface area contributed by atoms with Gasteiger partial charge in [0.15, 0.2) is 0 Å². The molecule has 94 valence electrons. The van der Waals surface area contributed by atoms with Gasteiger partial charge in [-0.1, -0.05) is 0 Å². The summed E-state index contributed by atoms with van der Waals surface area (Å²) in [5, 5.41) is 0. The van der Waals surface area contributed by atoms with Gasteiger partial charge in [-0.3, -0.25) is 0 Å². The Bertz CT molecular complexity index is 225. The Hall–Kier alpha value is 1.41. The molecule has 0 heterocycles. The minimum absolute atomic E-state index is 0.509. The average molecular weight is 323 g/mol. The molecule has 0 unspecified atom stereocenters. The summed E-state index contributed by atoms with van der Waals surface area (Å²) in [6.45, 7) is 0.293. The third-order valence-electron chi connectivity index (χ3n) is 1.84. The molecule has 1 nitrogen and oxygen atoms in total. The molecular weight excluding hydrogens is 309 g/mol. The van der Waals surface area contributed by atoms with E-state index in [0.29, 0.717) is 0 Å². The summed E-state index contributed by atoms with van der Waals surface area (Å²) in [6, 6.07) is -1.02. The van der Waals surface area contributed by atoms with E-state index < -0.39 is 22.3 Å². The summed E-state index contributed by atoms with van der Waals surface area (Å²) >= 11 is 21.3. The van der Waals surface area contributed by atoms with E-state index in [1.165, 1.54) is 0 Å². The van der Waals surface area contributed by atoms with Crippen molar-refractivity contribution >= 4 is 52.8 Å². The van der Waals surface area contributed by atoms with E-state index in [1.54, 1.807) is 27.7 Å². The van der Waals surface area contributed by atoms with Gasteiger partial charge in [0.25, 0.3) is 0 Å². The Balaban J connectivity index is 5.47. The molecule has 0 atom stereocenters. The molecular formula is C7H14Cl4F2NP. The predicted molar refractivity (Wildman–Crippen MR) is 67.4 cm³/mol. The average Bonchev–Trinajstić information content (AvgIpc) is 1.76. The number of alkyl halides is 3. The molecule has 0 radical (unpaired) electrons. The maximum atomic E-state index is 14.2. The fourth-order valence-electron chi connectivity index (χ4n) is 1.48. The quantitative estimate of drug-likeness (QED) is 0.467. The Morgan fingerprint density at radius 3 is 1.33 bits per heavy atom. The van der Waals surface area contributed by atoms with Crippen molar-refractivity contribution in [1.82, 2.24) is 4.67 Å². The van der Waals surface area contributed by atoms with Crippen molar-refractivity contribution in [2.75, 3.05) is 0 Å². The Kier molecular flexibility index (Phi) is 5.02. The molecule has 0 rings (SSSR count). The first kappa shape index (κ1) is 16.4. The van der Waals surface area contributed by atoms with Crippen LogP contribution in [0.4, 0.5) is 8.39 Å². The first-order chi connectivity index (χ1) is 6.30. The van der Waals surface area contributed by atoms with Gasteiger partial charge in [0.1, 0.15) is 0 Å². The Morgan fingerprint density at radius 1 is 1.00 bits per heavy atom. The van der Waals surface area contributed by atoms with E-state index in [0.717, 1.165) is 4.67 Å². The zero-order chi connectivity index (χ0) is 12.7. The van der Waals surface area contributed by atoms with E-state index in [-0.39, 0.29) is 0 Å². The van der Waals surface area contributed by atoms with Crippen LogP contribution in [0.15, 0.2) is 0 Å². The molecule has 0 saturated carbocycles. The van der Waals surface area contributed by atoms with Crippen LogP contribution < -0.4 is 0 Å². The van der Waals surface area contributed by atoms with E-state index in [4.69, 9.17) is 46.0 Å². The fourth-order valence-corrected chi connectivity index (χ4v) is 5.09. The topological polar surface area (TPSA) is 3.24 Å². The van der Waals surface area contributed by atoms with Crippen LogP contribution in [0.25, 0.3) is 0 Å². The summed E-state index contributed by atoms with van der Waals surface area (Å²) in [5.74, 6) is 0. The van der Waals surface area contributed by atoms with Gasteiger partial charge in [-0.05, 0) is 0 Å². The van der Waals surface area contributed by atoms with Crippen LogP contribution in [0, 0.1) is 0 Å². The van der Waals surface area contributed by atoms with Gasteiger partial charge >= 0.3 is 109 Å². The zero-order valence-electron chi connectivity index (χ0n) is 8.82. The molecule has 0 aliphatic heterocycles. The maximum absolute atomic E-state index is 14.2. The van der Waals surface area contributed by atoms with Crippen molar-refractivity contribution in [3.63, 3.8) is 0 Å². The van der Waals surface area contributed by atoms with Crippen molar-refractivity contribution in [2.45, 2.75) is 43.3 Å². The Morgan fingerprint density at radius 2 is 1.27 bits per heavy atom. The number of nitrogens with zero attached hydrogens (tertiary/aromatic N) is 1. The number of hydrogen-bond donors (Lipinski definition) is 0. The van der Waals surface area contributed by atoms with E-state index in [2.05, 4.69) is 0 Å². The minimum atomic E-state index is -6.04. The van der Waals surface area contributed by atoms with E-state index >= 15 is 0 Å². The van der Waals surface area contributed by atoms with Crippen molar-refractivity contribution in [1.29, 1.82) is 0 Å². The number of halogens is 6. The van der Waals surface area contributed by atoms with E-state index in [9.17, 15) is 8.39 Å². The number of rotatable bonds is 3. The molecule has 0 fully saturated rings. The third kappa shape index (κ3) is 3.20. The molecule has 0 aliphatic carbocycles. The molecule has 0 amide bonds. The van der Waals surface area contributed by atoms with Crippen molar-refractivity contribution in [3.05, 3.63) is 0 Å². The fraction of sp³-hybridized carbons (Fsp3) is 1.00. The summed E-state index contributed by atoms with van der Waals surface area (Å²) in [4.78, 5) is 0. The normalized spacial score (nSPS) is 17.3. The van der Waals surface area contributed by atoms with E-state index in [1.807, 2.05) is 0 Å². The summed E-state index contributed by atoms with van der Waals surface area (Å²) < 4.78 is 26.4. The molecule has 0 aromatic heterocycles. The van der Waals surface area contributed by atoms with Crippen molar-refractivity contribution in [2.24, 2.45) is 0 Å². The molecule has 0 N–H and O–H groups in total. The third-order valence-corrected chi connectivity index (χ3v) is 8.97. The van der Waals surface area contributed by atoms with Gasteiger partial charge in [-0.2, -0.15) is 0 Å². The second-order valence-corrected chi connectivity index (χ2v) is 11.3. The van der Waals surface area contributed by atoms with Crippen LogP contribution in [0.5, 0.6) is 0 Å². The number of hydrogen-bond acceptors (Lipinski definition) is 1. The molecule has 0 aromatic carbocycles.